The SMILES string of the molecule is COc1ccc([C@@](C)(NC(=O)c2csc(C)n2)C(=O)O)cc1. The molecule has 2 N–H and O–H groups in total. The molecule has 0 unspecified atom stereocenters. The van der Waals surface area contributed by atoms with Gasteiger partial charge in [0, 0.05) is 5.38 Å². The summed E-state index contributed by atoms with van der Waals surface area (Å²) in [7, 11) is 1.53. The molecule has 0 saturated carbocycles. The van der Waals surface area contributed by atoms with E-state index in [1.807, 2.05) is 0 Å². The molecule has 0 spiro atoms. The highest BCUT2D eigenvalue weighted by Gasteiger charge is 2.37. The van der Waals surface area contributed by atoms with Crippen LogP contribution in [0.5, 0.6) is 5.75 Å². The molecule has 0 radical (unpaired) electrons. The van der Waals surface area contributed by atoms with Crippen molar-refractivity contribution in [3.05, 3.63) is 45.9 Å². The van der Waals surface area contributed by atoms with Crippen LogP contribution in [0.4, 0.5) is 0 Å². The number of rotatable bonds is 5. The van der Waals surface area contributed by atoms with Crippen molar-refractivity contribution in [2.24, 2.45) is 0 Å². The van der Waals surface area contributed by atoms with Gasteiger partial charge in [-0.25, -0.2) is 9.78 Å². The Kier molecular flexibility index (Phi) is 4.46. The minimum absolute atomic E-state index is 0.212. The number of thiazole rings is 1. The zero-order valence-corrected chi connectivity index (χ0v) is 13.2. The van der Waals surface area contributed by atoms with Crippen LogP contribution in [0.2, 0.25) is 0 Å². The number of methoxy groups -OCH3 is 1. The second kappa shape index (κ2) is 6.15. The van der Waals surface area contributed by atoms with Crippen molar-refractivity contribution in [1.82, 2.24) is 10.3 Å². The minimum atomic E-state index is -1.55. The summed E-state index contributed by atoms with van der Waals surface area (Å²) in [6, 6.07) is 6.52. The number of benzene rings is 1. The van der Waals surface area contributed by atoms with E-state index in [2.05, 4.69) is 10.3 Å². The highest BCUT2D eigenvalue weighted by molar-refractivity contribution is 7.09. The van der Waals surface area contributed by atoms with Crippen LogP contribution in [0.1, 0.15) is 28.0 Å². The van der Waals surface area contributed by atoms with Gasteiger partial charge < -0.3 is 15.2 Å². The second-order valence-corrected chi connectivity index (χ2v) is 5.93. The summed E-state index contributed by atoms with van der Waals surface area (Å²) in [4.78, 5) is 28.0. The maximum Gasteiger partial charge on any atom is 0.333 e. The molecule has 0 saturated heterocycles. The van der Waals surface area contributed by atoms with E-state index in [1.54, 1.807) is 36.6 Å². The Bertz CT molecular complexity index is 696. The number of hydrogen-bond acceptors (Lipinski definition) is 5. The standard InChI is InChI=1S/C15H16N2O4S/c1-9-16-12(8-22-9)13(18)17-15(2,14(19)20)10-4-6-11(21-3)7-5-10/h4-8H,1-3H3,(H,17,18)(H,19,20)/t15-/m1/s1. The molecule has 1 atom stereocenters. The van der Waals surface area contributed by atoms with Crippen LogP contribution in [0.15, 0.2) is 29.6 Å². The molecule has 1 heterocycles. The number of carboxylic acid groups (broad SMARTS) is 1. The molecule has 2 aromatic rings. The molecule has 7 heteroatoms. The third-order valence-electron chi connectivity index (χ3n) is 3.31. The molecular formula is C15H16N2O4S. The van der Waals surface area contributed by atoms with E-state index < -0.39 is 17.4 Å². The molecule has 116 valence electrons. The fraction of sp³-hybridized carbons (Fsp3) is 0.267. The van der Waals surface area contributed by atoms with Crippen molar-refractivity contribution < 1.29 is 19.4 Å². The van der Waals surface area contributed by atoms with E-state index in [1.165, 1.54) is 25.4 Å². The van der Waals surface area contributed by atoms with Gasteiger partial charge in [-0.2, -0.15) is 0 Å². The first kappa shape index (κ1) is 16.0. The maximum atomic E-state index is 12.2. The zero-order valence-electron chi connectivity index (χ0n) is 12.4. The van der Waals surface area contributed by atoms with Crippen molar-refractivity contribution in [2.45, 2.75) is 19.4 Å². The Balaban J connectivity index is 2.31. The first-order chi connectivity index (χ1) is 10.4. The number of hydrogen-bond donors (Lipinski definition) is 2. The molecule has 0 aliphatic heterocycles. The molecule has 0 aliphatic rings. The lowest BCUT2D eigenvalue weighted by Gasteiger charge is -2.26. The van der Waals surface area contributed by atoms with Crippen LogP contribution in [0.3, 0.4) is 0 Å². The van der Waals surface area contributed by atoms with Crippen LogP contribution >= 0.6 is 11.3 Å². The van der Waals surface area contributed by atoms with Crippen LogP contribution < -0.4 is 10.1 Å². The number of carboxylic acids is 1. The lowest BCUT2D eigenvalue weighted by Crippen LogP contribution is -2.49. The number of carbonyl (C=O) groups excluding carboxylic acids is 1. The van der Waals surface area contributed by atoms with Crippen LogP contribution in [0, 0.1) is 6.92 Å². The van der Waals surface area contributed by atoms with Crippen molar-refractivity contribution in [3.8, 4) is 5.75 Å². The molecule has 0 fully saturated rings. The number of ether oxygens (including phenoxy) is 1. The number of aryl methyl sites for hydroxylation is 1. The van der Waals surface area contributed by atoms with E-state index in [-0.39, 0.29) is 5.69 Å². The molecule has 2 rings (SSSR count). The third-order valence-corrected chi connectivity index (χ3v) is 4.08. The van der Waals surface area contributed by atoms with Gasteiger partial charge in [0.05, 0.1) is 12.1 Å². The van der Waals surface area contributed by atoms with Crippen molar-refractivity contribution >= 4 is 23.2 Å². The highest BCUT2D eigenvalue weighted by atomic mass is 32.1. The fourth-order valence-electron chi connectivity index (χ4n) is 1.93. The minimum Gasteiger partial charge on any atom is -0.497 e. The number of carbonyl (C=O) groups is 2. The Morgan fingerprint density at radius 1 is 1.32 bits per heavy atom. The summed E-state index contributed by atoms with van der Waals surface area (Å²) in [5.41, 5.74) is -0.898. The highest BCUT2D eigenvalue weighted by Crippen LogP contribution is 2.24. The molecule has 1 aromatic heterocycles. The van der Waals surface area contributed by atoms with Crippen molar-refractivity contribution in [1.29, 1.82) is 0 Å². The van der Waals surface area contributed by atoms with Gasteiger partial charge in [-0.15, -0.1) is 11.3 Å². The summed E-state index contributed by atoms with van der Waals surface area (Å²) in [6.07, 6.45) is 0. The van der Waals surface area contributed by atoms with Gasteiger partial charge in [-0.3, -0.25) is 4.79 Å². The number of nitrogens with one attached hydrogen (secondary N) is 1. The fourth-order valence-corrected chi connectivity index (χ4v) is 2.53. The maximum absolute atomic E-state index is 12.2. The molecule has 0 aliphatic carbocycles. The van der Waals surface area contributed by atoms with Gasteiger partial charge in [0.1, 0.15) is 11.4 Å². The van der Waals surface area contributed by atoms with Gasteiger partial charge in [0.2, 0.25) is 0 Å². The smallest absolute Gasteiger partial charge is 0.333 e. The number of aliphatic carboxylic acids is 1. The van der Waals surface area contributed by atoms with Crippen LogP contribution in [-0.2, 0) is 10.3 Å². The van der Waals surface area contributed by atoms with Gasteiger partial charge in [0.25, 0.3) is 5.91 Å². The monoisotopic (exact) mass is 320 g/mol. The van der Waals surface area contributed by atoms with Gasteiger partial charge in [-0.05, 0) is 31.5 Å². The van der Waals surface area contributed by atoms with E-state index in [0.717, 1.165) is 5.01 Å². The first-order valence-electron chi connectivity index (χ1n) is 6.49. The topological polar surface area (TPSA) is 88.5 Å². The van der Waals surface area contributed by atoms with E-state index in [9.17, 15) is 14.7 Å². The van der Waals surface area contributed by atoms with Gasteiger partial charge in [-0.1, -0.05) is 12.1 Å². The van der Waals surface area contributed by atoms with Crippen LogP contribution in [-0.4, -0.2) is 29.1 Å². The van der Waals surface area contributed by atoms with Gasteiger partial charge in [0.15, 0.2) is 5.54 Å². The molecule has 1 amide bonds. The zero-order chi connectivity index (χ0) is 16.3. The Labute approximate surface area is 131 Å². The summed E-state index contributed by atoms with van der Waals surface area (Å²) >= 11 is 1.33. The van der Waals surface area contributed by atoms with Crippen LogP contribution in [0.25, 0.3) is 0 Å². The lowest BCUT2D eigenvalue weighted by atomic mass is 9.91. The van der Waals surface area contributed by atoms with Crippen molar-refractivity contribution in [2.75, 3.05) is 7.11 Å². The average Bonchev–Trinajstić information content (AvgIpc) is 2.93. The molecule has 6 nitrogen and oxygen atoms in total. The Morgan fingerprint density at radius 2 is 1.95 bits per heavy atom. The molecule has 0 bridgehead atoms. The average molecular weight is 320 g/mol. The second-order valence-electron chi connectivity index (χ2n) is 4.86. The Morgan fingerprint density at radius 3 is 2.41 bits per heavy atom. The summed E-state index contributed by atoms with van der Waals surface area (Å²) in [6.45, 7) is 3.22. The number of nitrogens with zero attached hydrogens (tertiary/aromatic N) is 1. The molecular weight excluding hydrogens is 304 g/mol. The predicted octanol–water partition coefficient (Wildman–Crippen LogP) is 2.19. The Hall–Kier alpha value is -2.41. The van der Waals surface area contributed by atoms with E-state index >= 15 is 0 Å². The van der Waals surface area contributed by atoms with Crippen molar-refractivity contribution in [3.63, 3.8) is 0 Å². The summed E-state index contributed by atoms with van der Waals surface area (Å²) in [5, 5.41) is 14.4. The number of amides is 1. The molecule has 1 aromatic carbocycles. The molecule has 22 heavy (non-hydrogen) atoms. The predicted molar refractivity (Wildman–Crippen MR) is 82.3 cm³/mol. The van der Waals surface area contributed by atoms with Gasteiger partial charge >= 0.3 is 5.97 Å². The quantitative estimate of drug-likeness (QED) is 0.881. The third kappa shape index (κ3) is 3.09. The summed E-state index contributed by atoms with van der Waals surface area (Å²) in [5.74, 6) is -1.07. The normalized spacial score (nSPS) is 13.2. The van der Waals surface area contributed by atoms with E-state index in [0.29, 0.717) is 11.3 Å². The largest absolute Gasteiger partial charge is 0.497 e. The first-order valence-corrected chi connectivity index (χ1v) is 7.37. The lowest BCUT2D eigenvalue weighted by molar-refractivity contribution is -0.144. The number of aromatic nitrogens is 1. The van der Waals surface area contributed by atoms with E-state index in [4.69, 9.17) is 4.74 Å². The summed E-state index contributed by atoms with van der Waals surface area (Å²) < 4.78 is 5.05.